The van der Waals surface area contributed by atoms with Crippen LogP contribution in [0, 0.1) is 11.8 Å². The predicted octanol–water partition coefficient (Wildman–Crippen LogP) is 2.17. The Kier molecular flexibility index (Phi) is 2.17. The Morgan fingerprint density at radius 1 is 1.27 bits per heavy atom. The van der Waals surface area contributed by atoms with Crippen LogP contribution >= 0.6 is 0 Å². The van der Waals surface area contributed by atoms with E-state index in [2.05, 4.69) is 12.2 Å². The fourth-order valence-electron chi connectivity index (χ4n) is 2.82. The van der Waals surface area contributed by atoms with Gasteiger partial charge < -0.3 is 5.32 Å². The van der Waals surface area contributed by atoms with Crippen LogP contribution in [0.4, 0.5) is 0 Å². The van der Waals surface area contributed by atoms with Gasteiger partial charge in [-0.15, -0.1) is 0 Å². The Labute approximate surface area is 69.6 Å². The molecule has 2 bridgehead atoms. The molecule has 0 saturated heterocycles. The molecular formula is C10H19N. The SMILES string of the molecule is CCCNC1CC2CCC1C2. The van der Waals surface area contributed by atoms with E-state index in [1.807, 2.05) is 0 Å². The van der Waals surface area contributed by atoms with E-state index in [0.717, 1.165) is 17.9 Å². The van der Waals surface area contributed by atoms with Gasteiger partial charge in [0.1, 0.15) is 0 Å². The highest BCUT2D eigenvalue weighted by Crippen LogP contribution is 2.44. The Balaban J connectivity index is 1.78. The van der Waals surface area contributed by atoms with Gasteiger partial charge in [-0.2, -0.15) is 0 Å². The molecule has 0 aromatic carbocycles. The zero-order chi connectivity index (χ0) is 7.68. The molecule has 0 aromatic heterocycles. The number of hydrogen-bond donors (Lipinski definition) is 1. The molecular weight excluding hydrogens is 134 g/mol. The molecule has 11 heavy (non-hydrogen) atoms. The standard InChI is InChI=1S/C10H19N/c1-2-5-11-10-7-8-3-4-9(10)6-8/h8-11H,2-7H2,1H3. The summed E-state index contributed by atoms with van der Waals surface area (Å²) in [6, 6.07) is 0.897. The van der Waals surface area contributed by atoms with Crippen molar-refractivity contribution in [3.05, 3.63) is 0 Å². The summed E-state index contributed by atoms with van der Waals surface area (Å²) in [5.74, 6) is 2.14. The second-order valence-corrected chi connectivity index (χ2v) is 4.24. The van der Waals surface area contributed by atoms with E-state index in [0.29, 0.717) is 0 Å². The van der Waals surface area contributed by atoms with Gasteiger partial charge >= 0.3 is 0 Å². The monoisotopic (exact) mass is 153 g/mol. The first-order valence-electron chi connectivity index (χ1n) is 5.13. The van der Waals surface area contributed by atoms with E-state index < -0.39 is 0 Å². The number of nitrogens with one attached hydrogen (secondary N) is 1. The third kappa shape index (κ3) is 1.44. The molecule has 3 atom stereocenters. The lowest BCUT2D eigenvalue weighted by Gasteiger charge is -2.22. The molecule has 64 valence electrons. The van der Waals surface area contributed by atoms with Crippen LogP contribution in [0.1, 0.15) is 39.0 Å². The molecule has 0 aliphatic heterocycles. The summed E-state index contributed by atoms with van der Waals surface area (Å²) in [6.45, 7) is 3.48. The molecule has 1 nitrogen and oxygen atoms in total. The average molecular weight is 153 g/mol. The lowest BCUT2D eigenvalue weighted by atomic mass is 9.95. The van der Waals surface area contributed by atoms with Gasteiger partial charge in [0.25, 0.3) is 0 Å². The van der Waals surface area contributed by atoms with Crippen LogP contribution in [0.15, 0.2) is 0 Å². The van der Waals surface area contributed by atoms with E-state index >= 15 is 0 Å². The van der Waals surface area contributed by atoms with E-state index in [9.17, 15) is 0 Å². The second kappa shape index (κ2) is 3.14. The number of hydrogen-bond acceptors (Lipinski definition) is 1. The van der Waals surface area contributed by atoms with E-state index in [1.54, 1.807) is 0 Å². The Bertz CT molecular complexity index is 133. The van der Waals surface area contributed by atoms with E-state index in [-0.39, 0.29) is 0 Å². The summed E-state index contributed by atoms with van der Waals surface area (Å²) < 4.78 is 0. The highest BCUT2D eigenvalue weighted by atomic mass is 14.9. The maximum Gasteiger partial charge on any atom is 0.00980 e. The first-order chi connectivity index (χ1) is 5.40. The zero-order valence-electron chi connectivity index (χ0n) is 7.47. The van der Waals surface area contributed by atoms with Gasteiger partial charge in [-0.3, -0.25) is 0 Å². The largest absolute Gasteiger partial charge is 0.314 e. The number of rotatable bonds is 3. The Morgan fingerprint density at radius 2 is 2.18 bits per heavy atom. The molecule has 2 aliphatic rings. The molecule has 2 rings (SSSR count). The van der Waals surface area contributed by atoms with Crippen molar-refractivity contribution in [1.29, 1.82) is 0 Å². The van der Waals surface area contributed by atoms with Crippen LogP contribution in [0.5, 0.6) is 0 Å². The molecule has 0 amide bonds. The van der Waals surface area contributed by atoms with Crippen LogP contribution in [0.25, 0.3) is 0 Å². The minimum atomic E-state index is 0.897. The van der Waals surface area contributed by atoms with Crippen LogP contribution in [-0.4, -0.2) is 12.6 Å². The molecule has 3 unspecified atom stereocenters. The summed E-state index contributed by atoms with van der Waals surface area (Å²) in [5.41, 5.74) is 0. The highest BCUT2D eigenvalue weighted by molar-refractivity contribution is 4.93. The molecule has 0 radical (unpaired) electrons. The second-order valence-electron chi connectivity index (χ2n) is 4.24. The van der Waals surface area contributed by atoms with E-state index in [4.69, 9.17) is 0 Å². The molecule has 0 heterocycles. The molecule has 2 fully saturated rings. The van der Waals surface area contributed by atoms with Crippen LogP contribution in [0.3, 0.4) is 0 Å². The van der Waals surface area contributed by atoms with Crippen molar-refractivity contribution in [1.82, 2.24) is 5.32 Å². The topological polar surface area (TPSA) is 12.0 Å². The zero-order valence-corrected chi connectivity index (χ0v) is 7.47. The summed E-state index contributed by atoms with van der Waals surface area (Å²) in [6.07, 6.45) is 7.32. The predicted molar refractivity (Wildman–Crippen MR) is 47.5 cm³/mol. The average Bonchev–Trinajstić information content (AvgIpc) is 2.60. The van der Waals surface area contributed by atoms with Gasteiger partial charge in [0, 0.05) is 6.04 Å². The molecule has 0 spiro atoms. The highest BCUT2D eigenvalue weighted by Gasteiger charge is 2.38. The van der Waals surface area contributed by atoms with Crippen LogP contribution in [0.2, 0.25) is 0 Å². The molecule has 1 N–H and O–H groups in total. The van der Waals surface area contributed by atoms with Gasteiger partial charge in [0.2, 0.25) is 0 Å². The van der Waals surface area contributed by atoms with Gasteiger partial charge in [-0.05, 0) is 44.1 Å². The normalized spacial score (nSPS) is 41.7. The van der Waals surface area contributed by atoms with Crippen molar-refractivity contribution in [2.45, 2.75) is 45.1 Å². The molecule has 2 aliphatic carbocycles. The van der Waals surface area contributed by atoms with Crippen LogP contribution < -0.4 is 5.32 Å². The summed E-state index contributed by atoms with van der Waals surface area (Å²) in [5, 5.41) is 3.66. The van der Waals surface area contributed by atoms with Crippen LogP contribution in [-0.2, 0) is 0 Å². The van der Waals surface area contributed by atoms with Crippen molar-refractivity contribution in [3.63, 3.8) is 0 Å². The lowest BCUT2D eigenvalue weighted by Crippen LogP contribution is -2.34. The van der Waals surface area contributed by atoms with Gasteiger partial charge in [-0.1, -0.05) is 13.3 Å². The quantitative estimate of drug-likeness (QED) is 0.655. The summed E-state index contributed by atoms with van der Waals surface area (Å²) in [4.78, 5) is 0. The third-order valence-corrected chi connectivity index (χ3v) is 3.39. The molecule has 0 aromatic rings. The van der Waals surface area contributed by atoms with E-state index in [1.165, 1.54) is 38.6 Å². The maximum atomic E-state index is 3.66. The van der Waals surface area contributed by atoms with Gasteiger partial charge in [0.15, 0.2) is 0 Å². The molecule has 2 saturated carbocycles. The third-order valence-electron chi connectivity index (χ3n) is 3.39. The summed E-state index contributed by atoms with van der Waals surface area (Å²) >= 11 is 0. The molecule has 1 heteroatoms. The Morgan fingerprint density at radius 3 is 2.73 bits per heavy atom. The minimum absolute atomic E-state index is 0.897. The smallest absolute Gasteiger partial charge is 0.00980 e. The van der Waals surface area contributed by atoms with Crippen molar-refractivity contribution in [3.8, 4) is 0 Å². The first-order valence-corrected chi connectivity index (χ1v) is 5.13. The number of fused-ring (bicyclic) bond motifs is 2. The minimum Gasteiger partial charge on any atom is -0.314 e. The van der Waals surface area contributed by atoms with Gasteiger partial charge in [0.05, 0.1) is 0 Å². The maximum absolute atomic E-state index is 3.66. The van der Waals surface area contributed by atoms with Crippen molar-refractivity contribution >= 4 is 0 Å². The van der Waals surface area contributed by atoms with Crippen molar-refractivity contribution < 1.29 is 0 Å². The summed E-state index contributed by atoms with van der Waals surface area (Å²) in [7, 11) is 0. The lowest BCUT2D eigenvalue weighted by molar-refractivity contribution is 0.353. The fourth-order valence-corrected chi connectivity index (χ4v) is 2.82. The van der Waals surface area contributed by atoms with Crippen molar-refractivity contribution in [2.24, 2.45) is 11.8 Å². The fraction of sp³-hybridized carbons (Fsp3) is 1.00. The Hall–Kier alpha value is -0.0400. The van der Waals surface area contributed by atoms with Crippen molar-refractivity contribution in [2.75, 3.05) is 6.54 Å². The van der Waals surface area contributed by atoms with Gasteiger partial charge in [-0.25, -0.2) is 0 Å². The first kappa shape index (κ1) is 7.60.